The fraction of sp³-hybridized carbons (Fsp3) is 0.571. The van der Waals surface area contributed by atoms with Crippen molar-refractivity contribution in [1.82, 2.24) is 24.6 Å². The van der Waals surface area contributed by atoms with Gasteiger partial charge < -0.3 is 4.90 Å². The van der Waals surface area contributed by atoms with Crippen molar-refractivity contribution in [3.63, 3.8) is 0 Å². The van der Waals surface area contributed by atoms with Crippen molar-refractivity contribution in [2.45, 2.75) is 45.2 Å². The lowest BCUT2D eigenvalue weighted by Gasteiger charge is -2.41. The maximum absolute atomic E-state index is 13.4. The van der Waals surface area contributed by atoms with Gasteiger partial charge in [0, 0.05) is 69.5 Å². The number of rotatable bonds is 4. The number of nitrogens with zero attached hydrogens (tertiary/aromatic N) is 5. The summed E-state index contributed by atoms with van der Waals surface area (Å²) in [5.41, 5.74) is 2.05. The maximum Gasteiger partial charge on any atom is 0.230 e. The predicted molar refractivity (Wildman–Crippen MR) is 104 cm³/mol. The Morgan fingerprint density at radius 1 is 1.30 bits per heavy atom. The quantitative estimate of drug-likeness (QED) is 0.834. The number of piperidine rings is 1. The molecule has 2 fully saturated rings. The van der Waals surface area contributed by atoms with E-state index in [-0.39, 0.29) is 17.4 Å². The van der Waals surface area contributed by atoms with Crippen LogP contribution in [0.2, 0.25) is 0 Å². The van der Waals surface area contributed by atoms with Gasteiger partial charge in [-0.1, -0.05) is 6.07 Å². The van der Waals surface area contributed by atoms with Crippen molar-refractivity contribution in [2.24, 2.45) is 5.41 Å². The van der Waals surface area contributed by atoms with Gasteiger partial charge in [-0.3, -0.25) is 19.4 Å². The van der Waals surface area contributed by atoms with Crippen molar-refractivity contribution >= 4 is 5.91 Å². The van der Waals surface area contributed by atoms with Gasteiger partial charge in [0.1, 0.15) is 0 Å². The molecular formula is C21H29N5O. The predicted octanol–water partition coefficient (Wildman–Crippen LogP) is 2.70. The first kappa shape index (κ1) is 18.2. The van der Waals surface area contributed by atoms with E-state index in [2.05, 4.69) is 45.6 Å². The normalized spacial score (nSPS) is 26.4. The monoisotopic (exact) mass is 367 g/mol. The van der Waals surface area contributed by atoms with Crippen LogP contribution in [0.5, 0.6) is 0 Å². The highest BCUT2D eigenvalue weighted by Gasteiger charge is 2.55. The van der Waals surface area contributed by atoms with Crippen LogP contribution in [0, 0.1) is 5.41 Å². The SMILES string of the molecule is CC(C)n1nccc1[C@@H]1CN(Cc2cccnc2)C[C@]12CCCN(C)C2=O. The van der Waals surface area contributed by atoms with E-state index in [1.54, 1.807) is 6.20 Å². The lowest BCUT2D eigenvalue weighted by molar-refractivity contribution is -0.145. The number of hydrogen-bond acceptors (Lipinski definition) is 4. The lowest BCUT2D eigenvalue weighted by Crippen LogP contribution is -2.50. The second kappa shape index (κ2) is 7.08. The van der Waals surface area contributed by atoms with Crippen LogP contribution in [-0.4, -0.2) is 57.2 Å². The zero-order chi connectivity index (χ0) is 19.0. The van der Waals surface area contributed by atoms with Crippen molar-refractivity contribution < 1.29 is 4.79 Å². The molecule has 2 aromatic heterocycles. The van der Waals surface area contributed by atoms with E-state index < -0.39 is 0 Å². The number of hydrogen-bond donors (Lipinski definition) is 0. The molecule has 0 aromatic carbocycles. The highest BCUT2D eigenvalue weighted by molar-refractivity contribution is 5.85. The number of carbonyl (C=O) groups excluding carboxylic acids is 1. The zero-order valence-corrected chi connectivity index (χ0v) is 16.5. The Morgan fingerprint density at radius 2 is 2.15 bits per heavy atom. The average molecular weight is 367 g/mol. The molecule has 2 atom stereocenters. The van der Waals surface area contributed by atoms with Gasteiger partial charge in [0.15, 0.2) is 0 Å². The summed E-state index contributed by atoms with van der Waals surface area (Å²) in [4.78, 5) is 22.0. The topological polar surface area (TPSA) is 54.3 Å². The summed E-state index contributed by atoms with van der Waals surface area (Å²) in [6.45, 7) is 7.69. The molecule has 0 unspecified atom stereocenters. The van der Waals surface area contributed by atoms with Crippen LogP contribution < -0.4 is 0 Å². The summed E-state index contributed by atoms with van der Waals surface area (Å²) < 4.78 is 2.10. The van der Waals surface area contributed by atoms with Crippen LogP contribution in [-0.2, 0) is 11.3 Å². The first-order valence-corrected chi connectivity index (χ1v) is 9.91. The van der Waals surface area contributed by atoms with Gasteiger partial charge in [-0.15, -0.1) is 0 Å². The molecule has 2 aliphatic heterocycles. The van der Waals surface area contributed by atoms with E-state index in [9.17, 15) is 4.79 Å². The summed E-state index contributed by atoms with van der Waals surface area (Å²) >= 11 is 0. The van der Waals surface area contributed by atoms with Gasteiger partial charge >= 0.3 is 0 Å². The van der Waals surface area contributed by atoms with E-state index in [1.165, 1.54) is 11.3 Å². The smallest absolute Gasteiger partial charge is 0.230 e. The minimum absolute atomic E-state index is 0.175. The molecule has 0 aliphatic carbocycles. The number of carbonyl (C=O) groups is 1. The van der Waals surface area contributed by atoms with Gasteiger partial charge in [-0.2, -0.15) is 5.10 Å². The van der Waals surface area contributed by atoms with Gasteiger partial charge in [0.2, 0.25) is 5.91 Å². The van der Waals surface area contributed by atoms with E-state index in [4.69, 9.17) is 0 Å². The summed E-state index contributed by atoms with van der Waals surface area (Å²) in [6, 6.07) is 6.49. The van der Waals surface area contributed by atoms with Crippen LogP contribution >= 0.6 is 0 Å². The molecule has 1 spiro atoms. The van der Waals surface area contributed by atoms with Gasteiger partial charge in [0.25, 0.3) is 0 Å². The molecule has 2 aromatic rings. The van der Waals surface area contributed by atoms with Crippen LogP contribution in [0.4, 0.5) is 0 Å². The minimum Gasteiger partial charge on any atom is -0.345 e. The molecule has 27 heavy (non-hydrogen) atoms. The molecule has 0 radical (unpaired) electrons. The average Bonchev–Trinajstić information content (AvgIpc) is 3.26. The number of pyridine rings is 1. The second-order valence-electron chi connectivity index (χ2n) is 8.36. The Bertz CT molecular complexity index is 802. The van der Waals surface area contributed by atoms with Crippen LogP contribution in [0.1, 0.15) is 49.9 Å². The third-order valence-electron chi connectivity index (χ3n) is 6.18. The number of amides is 1. The number of likely N-dealkylation sites (tertiary alicyclic amines) is 2. The van der Waals surface area contributed by atoms with Gasteiger partial charge in [-0.05, 0) is 44.4 Å². The van der Waals surface area contributed by atoms with Crippen molar-refractivity contribution in [1.29, 1.82) is 0 Å². The molecule has 144 valence electrons. The molecule has 4 rings (SSSR count). The van der Waals surface area contributed by atoms with Crippen molar-refractivity contribution in [2.75, 3.05) is 26.7 Å². The third kappa shape index (κ3) is 3.16. The zero-order valence-electron chi connectivity index (χ0n) is 16.5. The fourth-order valence-corrected chi connectivity index (χ4v) is 4.98. The van der Waals surface area contributed by atoms with E-state index in [0.29, 0.717) is 5.91 Å². The second-order valence-corrected chi connectivity index (χ2v) is 8.36. The van der Waals surface area contributed by atoms with Crippen LogP contribution in [0.25, 0.3) is 0 Å². The standard InChI is InChI=1S/C21H29N5O/c1-16(2)26-19(7-10-23-26)18-14-25(13-17-6-4-9-22-12-17)15-21(18)8-5-11-24(3)20(21)27/h4,6-7,9-10,12,16,18H,5,8,11,13-15H2,1-3H3/t18-,21+/m0/s1. The largest absolute Gasteiger partial charge is 0.345 e. The molecule has 2 saturated heterocycles. The Balaban J connectivity index is 1.70. The Labute approximate surface area is 161 Å². The van der Waals surface area contributed by atoms with Crippen LogP contribution in [0.3, 0.4) is 0 Å². The fourth-order valence-electron chi connectivity index (χ4n) is 4.98. The maximum atomic E-state index is 13.4. The summed E-state index contributed by atoms with van der Waals surface area (Å²) in [7, 11) is 1.95. The molecule has 6 heteroatoms. The summed E-state index contributed by atoms with van der Waals surface area (Å²) in [5.74, 6) is 0.471. The van der Waals surface area contributed by atoms with E-state index in [1.807, 2.05) is 30.4 Å². The Morgan fingerprint density at radius 3 is 2.89 bits per heavy atom. The Kier molecular flexibility index (Phi) is 4.76. The number of aromatic nitrogens is 3. The molecule has 2 aliphatic rings. The van der Waals surface area contributed by atoms with E-state index >= 15 is 0 Å². The molecule has 4 heterocycles. The minimum atomic E-state index is -0.345. The molecule has 0 saturated carbocycles. The highest BCUT2D eigenvalue weighted by atomic mass is 16.2. The van der Waals surface area contributed by atoms with Crippen molar-refractivity contribution in [3.8, 4) is 0 Å². The first-order valence-electron chi connectivity index (χ1n) is 9.91. The Hall–Kier alpha value is -2.21. The van der Waals surface area contributed by atoms with Gasteiger partial charge in [-0.25, -0.2) is 0 Å². The van der Waals surface area contributed by atoms with Crippen molar-refractivity contribution in [3.05, 3.63) is 48.0 Å². The van der Waals surface area contributed by atoms with Crippen LogP contribution in [0.15, 0.2) is 36.8 Å². The van der Waals surface area contributed by atoms with E-state index in [0.717, 1.165) is 39.0 Å². The molecule has 0 N–H and O–H groups in total. The molecule has 0 bridgehead atoms. The molecule has 6 nitrogen and oxygen atoms in total. The molecular weight excluding hydrogens is 338 g/mol. The summed E-state index contributed by atoms with van der Waals surface area (Å²) in [5, 5.41) is 4.55. The molecule has 1 amide bonds. The highest BCUT2D eigenvalue weighted by Crippen LogP contribution is 2.49. The summed E-state index contributed by atoms with van der Waals surface area (Å²) in [6.07, 6.45) is 7.62. The lowest BCUT2D eigenvalue weighted by atomic mass is 9.70. The third-order valence-corrected chi connectivity index (χ3v) is 6.18. The van der Waals surface area contributed by atoms with Gasteiger partial charge in [0.05, 0.1) is 5.41 Å². The first-order chi connectivity index (χ1) is 13.0.